The zero-order chi connectivity index (χ0) is 19.8. The highest BCUT2D eigenvalue weighted by Crippen LogP contribution is 2.15. The predicted molar refractivity (Wildman–Crippen MR) is 130 cm³/mol. The number of hydrogen-bond acceptors (Lipinski definition) is 2. The monoisotopic (exact) mass is 497 g/mol. The van der Waals surface area contributed by atoms with Gasteiger partial charge in [0.25, 0.3) is 0 Å². The smallest absolute Gasteiger partial charge is 0.191 e. The van der Waals surface area contributed by atoms with Crippen LogP contribution in [0.2, 0.25) is 0 Å². The van der Waals surface area contributed by atoms with Crippen LogP contribution in [-0.4, -0.2) is 28.8 Å². The molecule has 28 heavy (non-hydrogen) atoms. The van der Waals surface area contributed by atoms with E-state index in [1.165, 1.54) is 22.4 Å². The Morgan fingerprint density at radius 3 is 2.36 bits per heavy atom. The molecule has 2 rings (SSSR count). The van der Waals surface area contributed by atoms with Crippen molar-refractivity contribution in [3.05, 3.63) is 52.3 Å². The van der Waals surface area contributed by atoms with Gasteiger partial charge in [-0.1, -0.05) is 38.1 Å². The van der Waals surface area contributed by atoms with Gasteiger partial charge in [0.2, 0.25) is 0 Å². The molecule has 156 valence electrons. The number of hydrogen-bond donors (Lipinski definition) is 2. The molecule has 0 spiro atoms. The van der Waals surface area contributed by atoms with Gasteiger partial charge in [-0.25, -0.2) is 4.99 Å². The topological polar surface area (TPSA) is 54.2 Å². The molecule has 6 heteroatoms. The average molecular weight is 497 g/mol. The van der Waals surface area contributed by atoms with Crippen LogP contribution in [0.1, 0.15) is 61.2 Å². The second-order valence-corrected chi connectivity index (χ2v) is 7.39. The van der Waals surface area contributed by atoms with Gasteiger partial charge in [-0.3, -0.25) is 4.68 Å². The van der Waals surface area contributed by atoms with Crippen LogP contribution in [0.4, 0.5) is 0 Å². The molecule has 0 radical (unpaired) electrons. The van der Waals surface area contributed by atoms with Crippen LogP contribution in [0.25, 0.3) is 0 Å². The quantitative estimate of drug-likeness (QED) is 0.245. The highest BCUT2D eigenvalue weighted by molar-refractivity contribution is 14.0. The summed E-state index contributed by atoms with van der Waals surface area (Å²) in [6, 6.07) is 9.00. The van der Waals surface area contributed by atoms with E-state index in [0.717, 1.165) is 37.6 Å². The number of nitrogens with zero attached hydrogens (tertiary/aromatic N) is 3. The zero-order valence-electron chi connectivity index (χ0n) is 18.2. The third-order valence-electron chi connectivity index (χ3n) is 4.98. The third-order valence-corrected chi connectivity index (χ3v) is 4.98. The van der Waals surface area contributed by atoms with Crippen molar-refractivity contribution in [1.29, 1.82) is 0 Å². The lowest BCUT2D eigenvalue weighted by atomic mass is 10.0. The van der Waals surface area contributed by atoms with Gasteiger partial charge in [0, 0.05) is 31.4 Å². The number of aryl methyl sites for hydroxylation is 3. The normalized spacial score (nSPS) is 11.5. The van der Waals surface area contributed by atoms with E-state index in [0.29, 0.717) is 12.5 Å². The number of halogens is 1. The van der Waals surface area contributed by atoms with Crippen LogP contribution < -0.4 is 10.6 Å². The van der Waals surface area contributed by atoms with E-state index in [1.807, 2.05) is 18.7 Å². The Balaban J connectivity index is 0.00000392. The minimum absolute atomic E-state index is 0. The Morgan fingerprint density at radius 2 is 1.82 bits per heavy atom. The molecule has 2 aromatic rings. The SMILES string of the molecule is CCNC(=NCc1c(C)nn(C)c1C)NCCCc1ccc(C(C)C)cc1.I. The molecule has 0 amide bonds. The Labute approximate surface area is 187 Å². The van der Waals surface area contributed by atoms with E-state index in [1.54, 1.807) is 0 Å². The van der Waals surface area contributed by atoms with Crippen LogP contribution in [-0.2, 0) is 20.0 Å². The lowest BCUT2D eigenvalue weighted by Gasteiger charge is -2.12. The molecule has 1 heterocycles. The lowest BCUT2D eigenvalue weighted by Crippen LogP contribution is -2.37. The van der Waals surface area contributed by atoms with Crippen molar-refractivity contribution in [2.75, 3.05) is 13.1 Å². The molecule has 1 aromatic heterocycles. The summed E-state index contributed by atoms with van der Waals surface area (Å²) < 4.78 is 1.92. The molecular formula is C22H36IN5. The maximum Gasteiger partial charge on any atom is 0.191 e. The minimum Gasteiger partial charge on any atom is -0.357 e. The summed E-state index contributed by atoms with van der Waals surface area (Å²) in [5, 5.41) is 11.2. The molecule has 0 bridgehead atoms. The van der Waals surface area contributed by atoms with Gasteiger partial charge in [0.05, 0.1) is 12.2 Å². The summed E-state index contributed by atoms with van der Waals surface area (Å²) in [7, 11) is 1.98. The van der Waals surface area contributed by atoms with Crippen molar-refractivity contribution in [3.8, 4) is 0 Å². The fourth-order valence-corrected chi connectivity index (χ4v) is 3.11. The highest BCUT2D eigenvalue weighted by atomic mass is 127. The van der Waals surface area contributed by atoms with E-state index >= 15 is 0 Å². The molecule has 0 aliphatic heterocycles. The van der Waals surface area contributed by atoms with E-state index in [4.69, 9.17) is 4.99 Å². The molecule has 2 N–H and O–H groups in total. The van der Waals surface area contributed by atoms with Crippen molar-refractivity contribution in [2.45, 2.75) is 59.9 Å². The maximum absolute atomic E-state index is 4.74. The van der Waals surface area contributed by atoms with Gasteiger partial charge in [0.15, 0.2) is 5.96 Å². The Morgan fingerprint density at radius 1 is 1.14 bits per heavy atom. The van der Waals surface area contributed by atoms with Gasteiger partial charge in [-0.05, 0) is 50.7 Å². The first-order valence-corrected chi connectivity index (χ1v) is 10.0. The third kappa shape index (κ3) is 7.11. The van der Waals surface area contributed by atoms with Crippen molar-refractivity contribution in [3.63, 3.8) is 0 Å². The fraction of sp³-hybridized carbons (Fsp3) is 0.545. The molecular weight excluding hydrogens is 461 g/mol. The molecule has 0 unspecified atom stereocenters. The summed E-state index contributed by atoms with van der Waals surface area (Å²) in [6.45, 7) is 13.1. The Kier molecular flexibility index (Phi) is 10.6. The number of aromatic nitrogens is 2. The van der Waals surface area contributed by atoms with Crippen LogP contribution in [0.3, 0.4) is 0 Å². The summed E-state index contributed by atoms with van der Waals surface area (Å²) >= 11 is 0. The molecule has 0 aliphatic rings. The van der Waals surface area contributed by atoms with Gasteiger partial charge in [-0.2, -0.15) is 5.10 Å². The largest absolute Gasteiger partial charge is 0.357 e. The van der Waals surface area contributed by atoms with Crippen LogP contribution in [0.15, 0.2) is 29.3 Å². The molecule has 5 nitrogen and oxygen atoms in total. The second kappa shape index (κ2) is 12.1. The molecule has 0 fully saturated rings. The van der Waals surface area contributed by atoms with Crippen molar-refractivity contribution in [2.24, 2.45) is 12.0 Å². The van der Waals surface area contributed by atoms with E-state index in [2.05, 4.69) is 67.7 Å². The number of aliphatic imine (C=N–C) groups is 1. The molecule has 0 saturated heterocycles. The predicted octanol–water partition coefficient (Wildman–Crippen LogP) is 4.47. The highest BCUT2D eigenvalue weighted by Gasteiger charge is 2.09. The zero-order valence-corrected chi connectivity index (χ0v) is 20.5. The van der Waals surface area contributed by atoms with Crippen molar-refractivity contribution in [1.82, 2.24) is 20.4 Å². The molecule has 0 atom stereocenters. The average Bonchev–Trinajstić information content (AvgIpc) is 2.88. The number of guanidine groups is 1. The van der Waals surface area contributed by atoms with Crippen LogP contribution in [0, 0.1) is 13.8 Å². The second-order valence-electron chi connectivity index (χ2n) is 7.39. The van der Waals surface area contributed by atoms with Gasteiger partial charge >= 0.3 is 0 Å². The Bertz CT molecular complexity index is 747. The first kappa shape index (κ1) is 24.5. The van der Waals surface area contributed by atoms with Gasteiger partial charge in [0.1, 0.15) is 0 Å². The number of rotatable bonds is 8. The van der Waals surface area contributed by atoms with E-state index in [9.17, 15) is 0 Å². The molecule has 1 aromatic carbocycles. The molecule has 0 aliphatic carbocycles. The van der Waals surface area contributed by atoms with Crippen LogP contribution >= 0.6 is 24.0 Å². The van der Waals surface area contributed by atoms with E-state index in [-0.39, 0.29) is 24.0 Å². The standard InChI is InChI=1S/C22H35N5.HI/c1-7-23-22(25-15-21-17(4)26-27(6)18(21)5)24-14-8-9-19-10-12-20(13-11-19)16(2)3;/h10-13,16H,7-9,14-15H2,1-6H3,(H2,23,24,25);1H. The summed E-state index contributed by atoms with van der Waals surface area (Å²) in [5.41, 5.74) is 6.24. The number of nitrogens with one attached hydrogen (secondary N) is 2. The Hall–Kier alpha value is -1.57. The first-order valence-electron chi connectivity index (χ1n) is 10.0. The molecule has 0 saturated carbocycles. The minimum atomic E-state index is 0. The number of benzene rings is 1. The van der Waals surface area contributed by atoms with Gasteiger partial charge in [-0.15, -0.1) is 24.0 Å². The van der Waals surface area contributed by atoms with E-state index < -0.39 is 0 Å². The van der Waals surface area contributed by atoms with Gasteiger partial charge < -0.3 is 10.6 Å². The summed E-state index contributed by atoms with van der Waals surface area (Å²) in [4.78, 5) is 4.74. The first-order chi connectivity index (χ1) is 12.9. The summed E-state index contributed by atoms with van der Waals surface area (Å²) in [5.74, 6) is 1.46. The van der Waals surface area contributed by atoms with Crippen LogP contribution in [0.5, 0.6) is 0 Å². The fourth-order valence-electron chi connectivity index (χ4n) is 3.11. The van der Waals surface area contributed by atoms with Crippen molar-refractivity contribution >= 4 is 29.9 Å². The summed E-state index contributed by atoms with van der Waals surface area (Å²) in [6.07, 6.45) is 2.15. The maximum atomic E-state index is 4.74. The lowest BCUT2D eigenvalue weighted by molar-refractivity contribution is 0.729. The van der Waals surface area contributed by atoms with Crippen molar-refractivity contribution < 1.29 is 0 Å².